The molecule has 3 atom stereocenters. The van der Waals surface area contributed by atoms with Gasteiger partial charge in [-0.1, -0.05) is 30.3 Å². The van der Waals surface area contributed by atoms with Crippen LogP contribution < -0.4 is 21.1 Å². The summed E-state index contributed by atoms with van der Waals surface area (Å²) in [6.45, 7) is 8.69. The molecule has 1 aliphatic rings. The minimum atomic E-state index is -1.59. The highest BCUT2D eigenvalue weighted by molar-refractivity contribution is 7.99. The summed E-state index contributed by atoms with van der Waals surface area (Å²) in [5.74, 6) is -0.906. The second-order valence-corrected chi connectivity index (χ2v) is 12.0. The molecule has 2 aromatic rings. The lowest BCUT2D eigenvalue weighted by atomic mass is 9.99. The Morgan fingerprint density at radius 3 is 2.33 bits per heavy atom. The molecule has 0 saturated carbocycles. The summed E-state index contributed by atoms with van der Waals surface area (Å²) in [5, 5.41) is 16.8. The maximum atomic E-state index is 13.5. The van der Waals surface area contributed by atoms with Crippen molar-refractivity contribution in [3.8, 4) is 5.75 Å². The summed E-state index contributed by atoms with van der Waals surface area (Å²) in [5.41, 5.74) is 7.33. The molecule has 1 fully saturated rings. The molecule has 40 heavy (non-hydrogen) atoms. The monoisotopic (exact) mass is 570 g/mol. The van der Waals surface area contributed by atoms with E-state index in [1.807, 2.05) is 51.1 Å². The van der Waals surface area contributed by atoms with Gasteiger partial charge in [-0.2, -0.15) is 0 Å². The molecule has 4 amide bonds. The van der Waals surface area contributed by atoms with Crippen LogP contribution in [0.2, 0.25) is 0 Å². The van der Waals surface area contributed by atoms with Gasteiger partial charge in [-0.15, -0.1) is 11.8 Å². The van der Waals surface area contributed by atoms with Gasteiger partial charge >= 0.3 is 0 Å². The molecule has 11 heteroatoms. The Labute approximate surface area is 239 Å². The molecule has 0 spiro atoms. The first-order chi connectivity index (χ1) is 18.8. The average molecular weight is 571 g/mol. The van der Waals surface area contributed by atoms with Crippen LogP contribution in [0.3, 0.4) is 0 Å². The Bertz CT molecular complexity index is 1220. The van der Waals surface area contributed by atoms with Gasteiger partial charge in [0.25, 0.3) is 11.8 Å². The number of nitrogens with zero attached hydrogens (tertiary/aromatic N) is 1. The van der Waals surface area contributed by atoms with Crippen molar-refractivity contribution >= 4 is 35.4 Å². The number of rotatable bonds is 10. The van der Waals surface area contributed by atoms with Crippen molar-refractivity contribution < 1.29 is 29.0 Å². The topological polar surface area (TPSA) is 151 Å². The summed E-state index contributed by atoms with van der Waals surface area (Å²) in [6, 6.07) is 10.7. The molecule has 216 valence electrons. The molecule has 1 heterocycles. The summed E-state index contributed by atoms with van der Waals surface area (Å²) in [7, 11) is 0. The van der Waals surface area contributed by atoms with Crippen LogP contribution in [0.25, 0.3) is 0 Å². The number of hydrogen-bond acceptors (Lipinski definition) is 7. The van der Waals surface area contributed by atoms with Crippen LogP contribution in [0, 0.1) is 13.8 Å². The second-order valence-electron chi connectivity index (χ2n) is 11.0. The Hall–Kier alpha value is -3.57. The zero-order chi connectivity index (χ0) is 29.6. The number of nitrogens with one attached hydrogen (secondary N) is 2. The van der Waals surface area contributed by atoms with Crippen LogP contribution in [-0.2, 0) is 20.8 Å². The highest BCUT2D eigenvalue weighted by atomic mass is 32.2. The van der Waals surface area contributed by atoms with Gasteiger partial charge in [0, 0.05) is 16.9 Å². The lowest BCUT2D eigenvalue weighted by Gasteiger charge is -2.31. The predicted molar refractivity (Wildman–Crippen MR) is 154 cm³/mol. The molecule has 0 unspecified atom stereocenters. The molecule has 0 aromatic heterocycles. The summed E-state index contributed by atoms with van der Waals surface area (Å²) in [6.07, 6.45) is -1.41. The number of benzene rings is 2. The number of thioether (sulfide) groups is 1. The fourth-order valence-electron chi connectivity index (χ4n) is 4.49. The van der Waals surface area contributed by atoms with E-state index in [2.05, 4.69) is 10.6 Å². The number of ether oxygens (including phenoxy) is 1. The SMILES string of the molecule is Cc1cc(C(N)=O)cc(C)c1OCC(=O)N[C@@H](Cc1ccccc1)[C@H](O)C(=O)N1CSC[C@H]1C(=O)NC(C)(C)C. The van der Waals surface area contributed by atoms with Crippen LogP contribution >= 0.6 is 11.8 Å². The van der Waals surface area contributed by atoms with Crippen molar-refractivity contribution in [2.75, 3.05) is 18.2 Å². The lowest BCUT2D eigenvalue weighted by molar-refractivity contribution is -0.147. The highest BCUT2D eigenvalue weighted by Crippen LogP contribution is 2.25. The van der Waals surface area contributed by atoms with Crippen LogP contribution in [0.5, 0.6) is 5.75 Å². The van der Waals surface area contributed by atoms with Crippen LogP contribution in [0.1, 0.15) is 47.8 Å². The zero-order valence-corrected chi connectivity index (χ0v) is 24.3. The van der Waals surface area contributed by atoms with Crippen molar-refractivity contribution in [1.82, 2.24) is 15.5 Å². The first-order valence-electron chi connectivity index (χ1n) is 13.0. The Morgan fingerprint density at radius 1 is 1.12 bits per heavy atom. The fourth-order valence-corrected chi connectivity index (χ4v) is 5.65. The van der Waals surface area contributed by atoms with Crippen molar-refractivity contribution in [2.24, 2.45) is 5.73 Å². The third-order valence-corrected chi connectivity index (χ3v) is 7.35. The van der Waals surface area contributed by atoms with Gasteiger partial charge in [-0.25, -0.2) is 0 Å². The quantitative estimate of drug-likeness (QED) is 0.339. The van der Waals surface area contributed by atoms with Crippen LogP contribution in [0.15, 0.2) is 42.5 Å². The molecule has 1 saturated heterocycles. The van der Waals surface area contributed by atoms with E-state index in [0.717, 1.165) is 5.56 Å². The number of hydrogen-bond donors (Lipinski definition) is 4. The zero-order valence-electron chi connectivity index (χ0n) is 23.5. The van der Waals surface area contributed by atoms with Gasteiger partial charge in [0.1, 0.15) is 11.8 Å². The Kier molecular flexibility index (Phi) is 10.2. The lowest BCUT2D eigenvalue weighted by Crippen LogP contribution is -2.58. The first-order valence-corrected chi connectivity index (χ1v) is 14.2. The predicted octanol–water partition coefficient (Wildman–Crippen LogP) is 1.69. The number of carbonyl (C=O) groups excluding carboxylic acids is 4. The van der Waals surface area contributed by atoms with E-state index in [9.17, 15) is 24.3 Å². The van der Waals surface area contributed by atoms with E-state index >= 15 is 0 Å². The minimum Gasteiger partial charge on any atom is -0.483 e. The van der Waals surface area contributed by atoms with Crippen molar-refractivity contribution in [3.05, 3.63) is 64.7 Å². The van der Waals surface area contributed by atoms with E-state index in [4.69, 9.17) is 10.5 Å². The molecular weight excluding hydrogens is 532 g/mol. The number of aryl methyl sites for hydroxylation is 2. The normalized spacial score (nSPS) is 16.6. The Balaban J connectivity index is 1.75. The largest absolute Gasteiger partial charge is 0.483 e. The number of aliphatic hydroxyl groups excluding tert-OH is 1. The Morgan fingerprint density at radius 2 is 1.75 bits per heavy atom. The maximum absolute atomic E-state index is 13.5. The first kappa shape index (κ1) is 31.0. The molecule has 3 rings (SSSR count). The number of carbonyl (C=O) groups is 4. The maximum Gasteiger partial charge on any atom is 0.258 e. The van der Waals surface area contributed by atoms with E-state index in [1.165, 1.54) is 16.7 Å². The molecular formula is C29H38N4O6S. The van der Waals surface area contributed by atoms with Crippen molar-refractivity contribution in [1.29, 1.82) is 0 Å². The number of aliphatic hydroxyl groups is 1. The van der Waals surface area contributed by atoms with Gasteiger partial charge in [-0.05, 0) is 69.9 Å². The fraction of sp³-hybridized carbons (Fsp3) is 0.448. The molecule has 5 N–H and O–H groups in total. The summed E-state index contributed by atoms with van der Waals surface area (Å²) in [4.78, 5) is 52.2. The van der Waals surface area contributed by atoms with Crippen molar-refractivity contribution in [2.45, 2.75) is 64.8 Å². The number of amides is 4. The molecule has 0 aliphatic carbocycles. The molecule has 1 aliphatic heterocycles. The molecule has 0 bridgehead atoms. The molecule has 2 aromatic carbocycles. The van der Waals surface area contributed by atoms with E-state index in [-0.39, 0.29) is 24.8 Å². The van der Waals surface area contributed by atoms with Gasteiger partial charge in [0.2, 0.25) is 11.8 Å². The number of primary amides is 1. The van der Waals surface area contributed by atoms with Gasteiger partial charge in [0.15, 0.2) is 12.7 Å². The van der Waals surface area contributed by atoms with Gasteiger partial charge < -0.3 is 31.1 Å². The summed E-state index contributed by atoms with van der Waals surface area (Å²) < 4.78 is 5.75. The van der Waals surface area contributed by atoms with Crippen molar-refractivity contribution in [3.63, 3.8) is 0 Å². The van der Waals surface area contributed by atoms with E-state index in [1.54, 1.807) is 26.0 Å². The highest BCUT2D eigenvalue weighted by Gasteiger charge is 2.40. The summed E-state index contributed by atoms with van der Waals surface area (Å²) >= 11 is 1.43. The standard InChI is InChI=1S/C29H38N4O6S/c1-17-11-20(26(30)36)12-18(2)25(17)39-14-23(34)31-21(13-19-9-7-6-8-10-19)24(35)28(38)33-16-40-15-22(33)27(37)32-29(3,4)5/h6-12,21-22,24,35H,13-16H2,1-5H3,(H2,30,36)(H,31,34)(H,32,37)/t21-,22-,24-/m0/s1. The smallest absolute Gasteiger partial charge is 0.258 e. The second kappa shape index (κ2) is 13.2. The average Bonchev–Trinajstić information content (AvgIpc) is 3.37. The van der Waals surface area contributed by atoms with Crippen LogP contribution in [0.4, 0.5) is 0 Å². The van der Waals surface area contributed by atoms with Crippen LogP contribution in [-0.4, -0.2) is 75.6 Å². The third-order valence-electron chi connectivity index (χ3n) is 6.34. The van der Waals surface area contributed by atoms with Gasteiger partial charge in [-0.3, -0.25) is 19.2 Å². The number of nitrogens with two attached hydrogens (primary N) is 1. The molecule has 0 radical (unpaired) electrons. The van der Waals surface area contributed by atoms with Gasteiger partial charge in [0.05, 0.1) is 11.9 Å². The third kappa shape index (κ3) is 8.22. The molecule has 10 nitrogen and oxygen atoms in total. The minimum absolute atomic E-state index is 0.185. The van der Waals surface area contributed by atoms with E-state index in [0.29, 0.717) is 28.2 Å². The van der Waals surface area contributed by atoms with E-state index < -0.39 is 41.4 Å².